The predicted octanol–water partition coefficient (Wildman–Crippen LogP) is 2.83. The number of rotatable bonds is 7. The quantitative estimate of drug-likeness (QED) is 0.460. The van der Waals surface area contributed by atoms with Crippen molar-refractivity contribution in [2.45, 2.75) is 38.6 Å². The molecule has 1 aliphatic rings. The van der Waals surface area contributed by atoms with E-state index in [1.165, 1.54) is 18.6 Å². The van der Waals surface area contributed by atoms with Crippen LogP contribution in [-0.4, -0.2) is 41.1 Å². The van der Waals surface area contributed by atoms with Crippen LogP contribution < -0.4 is 5.32 Å². The second-order valence-electron chi connectivity index (χ2n) is 5.80. The van der Waals surface area contributed by atoms with Gasteiger partial charge in [-0.1, -0.05) is 32.3 Å². The van der Waals surface area contributed by atoms with E-state index in [2.05, 4.69) is 17.1 Å². The van der Waals surface area contributed by atoms with Crippen molar-refractivity contribution in [1.82, 2.24) is 10.2 Å². The smallest absolute Gasteiger partial charge is 0.311 e. The lowest BCUT2D eigenvalue weighted by Crippen LogP contribution is -2.45. The molecule has 0 spiro atoms. The third-order valence-electron chi connectivity index (χ3n) is 4.25. The lowest BCUT2D eigenvalue weighted by Gasteiger charge is -2.35. The summed E-state index contributed by atoms with van der Waals surface area (Å²) >= 11 is 0. The van der Waals surface area contributed by atoms with Crippen molar-refractivity contribution in [3.05, 3.63) is 33.9 Å². The van der Waals surface area contributed by atoms with Gasteiger partial charge in [-0.25, -0.2) is 0 Å². The lowest BCUT2D eigenvalue weighted by atomic mass is 9.97. The Morgan fingerprint density at radius 2 is 2.09 bits per heavy atom. The number of nitro groups is 1. The van der Waals surface area contributed by atoms with Gasteiger partial charge in [0.15, 0.2) is 5.75 Å². The number of nitrogens with zero attached hydrogens (tertiary/aromatic N) is 2. The molecule has 6 nitrogen and oxygen atoms in total. The Morgan fingerprint density at radius 1 is 1.36 bits per heavy atom. The molecule has 2 rings (SSSR count). The molecule has 1 saturated heterocycles. The maximum absolute atomic E-state index is 11.1. The maximum atomic E-state index is 11.1. The Morgan fingerprint density at radius 3 is 2.73 bits per heavy atom. The van der Waals surface area contributed by atoms with Crippen molar-refractivity contribution in [2.75, 3.05) is 26.2 Å². The summed E-state index contributed by atoms with van der Waals surface area (Å²) < 4.78 is 0. The van der Waals surface area contributed by atoms with Crippen molar-refractivity contribution in [3.63, 3.8) is 0 Å². The van der Waals surface area contributed by atoms with Gasteiger partial charge in [-0.2, -0.15) is 0 Å². The first-order chi connectivity index (χ1) is 10.6. The van der Waals surface area contributed by atoms with Gasteiger partial charge in [0.1, 0.15) is 0 Å². The van der Waals surface area contributed by atoms with Crippen molar-refractivity contribution in [2.24, 2.45) is 0 Å². The highest BCUT2D eigenvalue weighted by Gasteiger charge is 2.24. The van der Waals surface area contributed by atoms with Crippen LogP contribution in [0.4, 0.5) is 5.69 Å². The Bertz CT molecular complexity index is 501. The van der Waals surface area contributed by atoms with E-state index >= 15 is 0 Å². The number of phenols is 1. The molecule has 22 heavy (non-hydrogen) atoms. The van der Waals surface area contributed by atoms with Crippen LogP contribution in [0.15, 0.2) is 18.2 Å². The summed E-state index contributed by atoms with van der Waals surface area (Å²) in [7, 11) is 0. The molecule has 1 heterocycles. The average Bonchev–Trinajstić information content (AvgIpc) is 2.53. The molecule has 1 fully saturated rings. The summed E-state index contributed by atoms with van der Waals surface area (Å²) in [6.45, 7) is 5.97. The second-order valence-corrected chi connectivity index (χ2v) is 5.80. The minimum Gasteiger partial charge on any atom is -0.502 e. The van der Waals surface area contributed by atoms with Crippen molar-refractivity contribution in [1.29, 1.82) is 0 Å². The zero-order valence-corrected chi connectivity index (χ0v) is 13.1. The molecule has 1 aliphatic heterocycles. The molecule has 0 aliphatic carbocycles. The molecule has 1 aromatic rings. The number of hydrogen-bond acceptors (Lipinski definition) is 5. The van der Waals surface area contributed by atoms with E-state index in [9.17, 15) is 15.2 Å². The molecule has 122 valence electrons. The fourth-order valence-electron chi connectivity index (χ4n) is 3.04. The van der Waals surface area contributed by atoms with Gasteiger partial charge in [0, 0.05) is 38.3 Å². The third-order valence-corrected chi connectivity index (χ3v) is 4.25. The number of nitrogens with one attached hydrogen (secondary N) is 1. The van der Waals surface area contributed by atoms with Crippen LogP contribution in [-0.2, 0) is 0 Å². The molecule has 0 bridgehead atoms. The van der Waals surface area contributed by atoms with E-state index in [1.807, 2.05) is 6.07 Å². The highest BCUT2D eigenvalue weighted by Crippen LogP contribution is 2.33. The summed E-state index contributed by atoms with van der Waals surface area (Å²) in [5.41, 5.74) is 0.732. The molecule has 0 amide bonds. The summed E-state index contributed by atoms with van der Waals surface area (Å²) in [4.78, 5) is 12.9. The largest absolute Gasteiger partial charge is 0.502 e. The summed E-state index contributed by atoms with van der Waals surface area (Å²) in [5.74, 6) is -0.263. The van der Waals surface area contributed by atoms with Crippen LogP contribution in [0, 0.1) is 10.1 Å². The van der Waals surface area contributed by atoms with Crippen LogP contribution in [0.25, 0.3) is 0 Å². The number of aromatic hydroxyl groups is 1. The molecule has 0 saturated carbocycles. The van der Waals surface area contributed by atoms with Crippen LogP contribution in [0.3, 0.4) is 0 Å². The lowest BCUT2D eigenvalue weighted by molar-refractivity contribution is -0.386. The van der Waals surface area contributed by atoms with E-state index in [1.54, 1.807) is 0 Å². The molecule has 0 unspecified atom stereocenters. The minimum absolute atomic E-state index is 0.188. The Hall–Kier alpha value is -1.66. The van der Waals surface area contributed by atoms with Crippen molar-refractivity contribution < 1.29 is 10.0 Å². The van der Waals surface area contributed by atoms with Gasteiger partial charge in [-0.3, -0.25) is 15.0 Å². The van der Waals surface area contributed by atoms with Gasteiger partial charge in [-0.15, -0.1) is 0 Å². The minimum atomic E-state index is -0.514. The van der Waals surface area contributed by atoms with E-state index in [-0.39, 0.29) is 17.5 Å². The zero-order chi connectivity index (χ0) is 15.9. The van der Waals surface area contributed by atoms with Crippen molar-refractivity contribution in [3.8, 4) is 5.75 Å². The standard InChI is InChI=1S/C16H25N3O3/c1-2-3-4-5-14(18-10-8-17-9-11-18)13-6-7-16(20)15(12-13)19(21)22/h6-7,12,14,17,20H,2-5,8-11H2,1H3/t14-/m1/s1. The van der Waals surface area contributed by atoms with E-state index in [0.29, 0.717) is 0 Å². The van der Waals surface area contributed by atoms with Gasteiger partial charge in [-0.05, 0) is 18.1 Å². The number of phenolic OH excluding ortho intramolecular Hbond substituents is 1. The summed E-state index contributed by atoms with van der Waals surface area (Å²) in [6.07, 6.45) is 4.43. The van der Waals surface area contributed by atoms with E-state index < -0.39 is 4.92 Å². The fourth-order valence-corrected chi connectivity index (χ4v) is 3.04. The summed E-state index contributed by atoms with van der Waals surface area (Å²) in [6, 6.07) is 4.99. The van der Waals surface area contributed by atoms with Gasteiger partial charge >= 0.3 is 5.69 Å². The molecule has 1 aromatic carbocycles. The van der Waals surface area contributed by atoms with Crippen LogP contribution in [0.1, 0.15) is 44.2 Å². The monoisotopic (exact) mass is 307 g/mol. The molecule has 0 radical (unpaired) electrons. The summed E-state index contributed by atoms with van der Waals surface area (Å²) in [5, 5.41) is 24.0. The first-order valence-electron chi connectivity index (χ1n) is 8.05. The maximum Gasteiger partial charge on any atom is 0.311 e. The molecular formula is C16H25N3O3. The van der Waals surface area contributed by atoms with E-state index in [0.717, 1.165) is 51.0 Å². The topological polar surface area (TPSA) is 78.6 Å². The molecule has 1 atom stereocenters. The fraction of sp³-hybridized carbons (Fsp3) is 0.625. The van der Waals surface area contributed by atoms with Gasteiger partial charge < -0.3 is 10.4 Å². The Labute approximate surface area is 131 Å². The van der Waals surface area contributed by atoms with E-state index in [4.69, 9.17) is 0 Å². The highest BCUT2D eigenvalue weighted by molar-refractivity contribution is 5.48. The first kappa shape index (κ1) is 16.7. The molecule has 0 aromatic heterocycles. The van der Waals surface area contributed by atoms with Crippen LogP contribution >= 0.6 is 0 Å². The van der Waals surface area contributed by atoms with Gasteiger partial charge in [0.2, 0.25) is 0 Å². The molecular weight excluding hydrogens is 282 g/mol. The van der Waals surface area contributed by atoms with Gasteiger partial charge in [0.05, 0.1) is 4.92 Å². The predicted molar refractivity (Wildman–Crippen MR) is 86.1 cm³/mol. The second kappa shape index (κ2) is 8.10. The van der Waals surface area contributed by atoms with Crippen molar-refractivity contribution >= 4 is 5.69 Å². The van der Waals surface area contributed by atoms with Crippen LogP contribution in [0.2, 0.25) is 0 Å². The number of piperazine rings is 1. The molecule has 2 N–H and O–H groups in total. The molecule has 6 heteroatoms. The zero-order valence-electron chi connectivity index (χ0n) is 13.1. The third kappa shape index (κ3) is 4.18. The highest BCUT2D eigenvalue weighted by atomic mass is 16.6. The number of unbranched alkanes of at least 4 members (excludes halogenated alkanes) is 2. The number of hydrogen-bond donors (Lipinski definition) is 2. The Balaban J connectivity index is 2.22. The van der Waals surface area contributed by atoms with Gasteiger partial charge in [0.25, 0.3) is 0 Å². The number of nitro benzene ring substituents is 1. The first-order valence-corrected chi connectivity index (χ1v) is 8.05. The SMILES string of the molecule is CCCCC[C@H](c1ccc(O)c([N+](=O)[O-])c1)N1CCNCC1. The van der Waals surface area contributed by atoms with Crippen LogP contribution in [0.5, 0.6) is 5.75 Å². The average molecular weight is 307 g/mol. The number of benzene rings is 1. The normalized spacial score (nSPS) is 17.3. The Kier molecular flexibility index (Phi) is 6.15.